The van der Waals surface area contributed by atoms with E-state index in [4.69, 9.17) is 14.9 Å². The maximum Gasteiger partial charge on any atom is 0.137 e. The van der Waals surface area contributed by atoms with Crippen LogP contribution in [0.15, 0.2) is 114 Å². The molecule has 4 heterocycles. The van der Waals surface area contributed by atoms with Crippen LogP contribution in [-0.2, 0) is 19.5 Å². The smallest absolute Gasteiger partial charge is 0.137 e. The summed E-state index contributed by atoms with van der Waals surface area (Å²) in [5.41, 5.74) is 20.7. The second-order valence-corrected chi connectivity index (χ2v) is 13.3. The van der Waals surface area contributed by atoms with E-state index in [-0.39, 0.29) is 6.10 Å². The number of furan rings is 1. The number of allylic oxidation sites excluding steroid dienone is 1. The van der Waals surface area contributed by atoms with Crippen LogP contribution in [0.25, 0.3) is 78.2 Å². The first kappa shape index (κ1) is 26.3. The molecule has 5 nitrogen and oxygen atoms in total. The zero-order valence-electron chi connectivity index (χ0n) is 26.2. The van der Waals surface area contributed by atoms with Gasteiger partial charge in [0.1, 0.15) is 23.2 Å². The Hall–Kier alpha value is -5.78. The quantitative estimate of drug-likeness (QED) is 0.214. The van der Waals surface area contributed by atoms with E-state index in [2.05, 4.69) is 130 Å². The first-order chi connectivity index (χ1) is 23.7. The number of ether oxygens (including phenoxy) is 1. The lowest BCUT2D eigenvalue weighted by Crippen LogP contribution is -2.21. The molecule has 8 aromatic rings. The maximum atomic E-state index is 6.49. The van der Waals surface area contributed by atoms with Gasteiger partial charge in [0.15, 0.2) is 0 Å². The largest absolute Gasteiger partial charge is 0.485 e. The summed E-state index contributed by atoms with van der Waals surface area (Å²) in [4.78, 5) is 0. The number of benzene rings is 5. The molecule has 2 N–H and O–H groups in total. The van der Waals surface area contributed by atoms with Crippen LogP contribution < -0.4 is 10.5 Å². The normalized spacial score (nSPS) is 16.3. The van der Waals surface area contributed by atoms with Crippen molar-refractivity contribution in [3.63, 3.8) is 0 Å². The van der Waals surface area contributed by atoms with Crippen LogP contribution in [0, 0.1) is 0 Å². The van der Waals surface area contributed by atoms with Gasteiger partial charge in [-0.15, -0.1) is 0 Å². The molecule has 0 radical (unpaired) electrons. The molecule has 2 aliphatic carbocycles. The Morgan fingerprint density at radius 2 is 1.54 bits per heavy atom. The van der Waals surface area contributed by atoms with Gasteiger partial charge in [-0.25, -0.2) is 0 Å². The standard InChI is InChI=1S/C43H31N3O2/c44-24-45-36-16-14-25(18-30(36)32-20-34-28-10-4-6-12-40(28)47-42(34)22-38(32)45)26-15-17-37-31(19-26)33-21-35-29-11-5-7-13-41(29)48-43(35)23-39(33)46(37)27-8-2-1-3-9-27/h1-3,5-9,11-22,43H,4,10,23-24,44H2. The molecular formula is C43H31N3O2. The lowest BCUT2D eigenvalue weighted by atomic mass is 9.90. The van der Waals surface area contributed by atoms with Gasteiger partial charge >= 0.3 is 0 Å². The molecule has 3 aliphatic rings. The molecule has 0 bridgehead atoms. The second-order valence-electron chi connectivity index (χ2n) is 13.3. The summed E-state index contributed by atoms with van der Waals surface area (Å²) in [6.45, 7) is 0.402. The molecule has 48 heavy (non-hydrogen) atoms. The van der Waals surface area contributed by atoms with Crippen molar-refractivity contribution in [2.45, 2.75) is 32.0 Å². The van der Waals surface area contributed by atoms with Gasteiger partial charge in [-0.3, -0.25) is 0 Å². The molecule has 1 atom stereocenters. The van der Waals surface area contributed by atoms with E-state index in [9.17, 15) is 0 Å². The minimum atomic E-state index is 0.0201. The van der Waals surface area contributed by atoms with Crippen molar-refractivity contribution in [1.82, 2.24) is 9.13 Å². The van der Waals surface area contributed by atoms with Crippen LogP contribution in [0.3, 0.4) is 0 Å². The minimum absolute atomic E-state index is 0.0201. The zero-order valence-corrected chi connectivity index (χ0v) is 26.2. The highest BCUT2D eigenvalue weighted by Gasteiger charge is 2.35. The van der Waals surface area contributed by atoms with E-state index in [0.717, 1.165) is 47.4 Å². The molecule has 1 unspecified atom stereocenters. The number of rotatable bonds is 3. The third-order valence-corrected chi connectivity index (χ3v) is 10.8. The highest BCUT2D eigenvalue weighted by atomic mass is 16.5. The Labute approximate surface area is 276 Å². The van der Waals surface area contributed by atoms with Gasteiger partial charge in [-0.1, -0.05) is 54.6 Å². The third kappa shape index (κ3) is 3.54. The topological polar surface area (TPSA) is 58.2 Å². The van der Waals surface area contributed by atoms with Gasteiger partial charge in [0.25, 0.3) is 0 Å². The fourth-order valence-corrected chi connectivity index (χ4v) is 8.58. The van der Waals surface area contributed by atoms with Gasteiger partial charge in [-0.05, 0) is 84.7 Å². The Bertz CT molecular complexity index is 2720. The SMILES string of the molecule is NCn1c2ccc(-c3ccc4c(c3)c3c(n4-c4ccccc4)CC4Oc5ccccc5C4=C3)cc2c2cc3c4c(oc3cc21)C=CCC4. The van der Waals surface area contributed by atoms with Crippen LogP contribution >= 0.6 is 0 Å². The Morgan fingerprint density at radius 1 is 0.750 bits per heavy atom. The van der Waals surface area contributed by atoms with Crippen molar-refractivity contribution in [1.29, 1.82) is 0 Å². The zero-order chi connectivity index (χ0) is 31.5. The van der Waals surface area contributed by atoms with Crippen molar-refractivity contribution in [2.24, 2.45) is 5.73 Å². The molecule has 0 fully saturated rings. The van der Waals surface area contributed by atoms with E-state index >= 15 is 0 Å². The molecule has 5 aromatic carbocycles. The highest BCUT2D eigenvalue weighted by molar-refractivity contribution is 6.14. The number of aromatic nitrogens is 2. The fraction of sp³-hybridized carbons (Fsp3) is 0.116. The summed E-state index contributed by atoms with van der Waals surface area (Å²) < 4.78 is 17.4. The molecule has 0 saturated heterocycles. The van der Waals surface area contributed by atoms with E-state index in [1.165, 1.54) is 71.8 Å². The predicted molar refractivity (Wildman–Crippen MR) is 195 cm³/mol. The molecule has 5 heteroatoms. The highest BCUT2D eigenvalue weighted by Crippen LogP contribution is 2.46. The van der Waals surface area contributed by atoms with E-state index in [1.807, 2.05) is 0 Å². The third-order valence-electron chi connectivity index (χ3n) is 10.8. The van der Waals surface area contributed by atoms with Gasteiger partial charge in [-0.2, -0.15) is 0 Å². The van der Waals surface area contributed by atoms with Crippen LogP contribution in [0.1, 0.15) is 34.6 Å². The van der Waals surface area contributed by atoms with Crippen LogP contribution in [0.2, 0.25) is 0 Å². The predicted octanol–water partition coefficient (Wildman–Crippen LogP) is 9.88. The van der Waals surface area contributed by atoms with Crippen molar-refractivity contribution in [2.75, 3.05) is 0 Å². The number of hydrogen-bond donors (Lipinski definition) is 1. The number of fused-ring (bicyclic) bond motifs is 12. The average Bonchev–Trinajstić information content (AvgIpc) is 3.86. The van der Waals surface area contributed by atoms with Crippen molar-refractivity contribution >= 4 is 61.4 Å². The van der Waals surface area contributed by atoms with Crippen LogP contribution in [-0.4, -0.2) is 15.2 Å². The summed E-state index contributed by atoms with van der Waals surface area (Å²) in [6, 6.07) is 37.4. The summed E-state index contributed by atoms with van der Waals surface area (Å²) >= 11 is 0. The fourth-order valence-electron chi connectivity index (χ4n) is 8.58. The summed E-state index contributed by atoms with van der Waals surface area (Å²) in [7, 11) is 0. The Kier molecular flexibility index (Phi) is 5.28. The average molecular weight is 622 g/mol. The molecule has 1 aliphatic heterocycles. The minimum Gasteiger partial charge on any atom is -0.485 e. The van der Waals surface area contributed by atoms with Crippen molar-refractivity contribution in [3.05, 3.63) is 137 Å². The molecular weight excluding hydrogens is 590 g/mol. The van der Waals surface area contributed by atoms with E-state index < -0.39 is 0 Å². The molecule has 230 valence electrons. The Balaban J connectivity index is 1.13. The van der Waals surface area contributed by atoms with Gasteiger partial charge in [0, 0.05) is 67.7 Å². The summed E-state index contributed by atoms with van der Waals surface area (Å²) in [5, 5.41) is 4.89. The van der Waals surface area contributed by atoms with Crippen molar-refractivity contribution < 1.29 is 9.15 Å². The van der Waals surface area contributed by atoms with Gasteiger partial charge < -0.3 is 24.0 Å². The summed E-state index contributed by atoms with van der Waals surface area (Å²) in [6.07, 6.45) is 9.59. The molecule has 0 spiro atoms. The number of aryl methyl sites for hydroxylation is 1. The monoisotopic (exact) mass is 621 g/mol. The van der Waals surface area contributed by atoms with E-state index in [1.54, 1.807) is 0 Å². The number of para-hydroxylation sites is 2. The molecule has 0 amide bonds. The van der Waals surface area contributed by atoms with Crippen LogP contribution in [0.4, 0.5) is 0 Å². The van der Waals surface area contributed by atoms with Gasteiger partial charge in [0.2, 0.25) is 0 Å². The van der Waals surface area contributed by atoms with E-state index in [0.29, 0.717) is 6.67 Å². The first-order valence-electron chi connectivity index (χ1n) is 16.8. The van der Waals surface area contributed by atoms with Gasteiger partial charge in [0.05, 0.1) is 23.2 Å². The van der Waals surface area contributed by atoms with Crippen LogP contribution in [0.5, 0.6) is 5.75 Å². The lowest BCUT2D eigenvalue weighted by molar-refractivity contribution is 0.274. The molecule has 0 saturated carbocycles. The lowest BCUT2D eigenvalue weighted by Gasteiger charge is -2.20. The first-order valence-corrected chi connectivity index (χ1v) is 16.8. The van der Waals surface area contributed by atoms with Crippen molar-refractivity contribution in [3.8, 4) is 22.6 Å². The maximum absolute atomic E-state index is 6.49. The molecule has 11 rings (SSSR count). The Morgan fingerprint density at radius 3 is 2.42 bits per heavy atom. The number of nitrogens with two attached hydrogens (primary N) is 1. The number of hydrogen-bond acceptors (Lipinski definition) is 3. The summed E-state index contributed by atoms with van der Waals surface area (Å²) in [5.74, 6) is 1.96. The molecule has 3 aromatic heterocycles. The number of nitrogens with zero attached hydrogens (tertiary/aromatic N) is 2. The second kappa shape index (κ2) is 9.63.